The summed E-state index contributed by atoms with van der Waals surface area (Å²) in [5.74, 6) is 0. The van der Waals surface area contributed by atoms with Gasteiger partial charge in [-0.05, 0) is 34.4 Å². The van der Waals surface area contributed by atoms with Crippen molar-refractivity contribution in [3.8, 4) is 0 Å². The Morgan fingerprint density at radius 1 is 1.33 bits per heavy atom. The second-order valence-electron chi connectivity index (χ2n) is 2.67. The summed E-state index contributed by atoms with van der Waals surface area (Å²) in [6, 6.07) is 0. The molecule has 58 valence electrons. The van der Waals surface area contributed by atoms with E-state index < -0.39 is 5.60 Å². The largest absolute Gasteiger partial charge is 0.390 e. The first kappa shape index (κ1) is 11.7. The van der Waals surface area contributed by atoms with E-state index in [2.05, 4.69) is 5.32 Å². The summed E-state index contributed by atoms with van der Waals surface area (Å²) in [5, 5.41) is 11.6. The highest BCUT2D eigenvalue weighted by molar-refractivity contribution is 4.59. The van der Waals surface area contributed by atoms with Crippen molar-refractivity contribution in [1.82, 2.24) is 5.32 Å². The Morgan fingerprint density at radius 2 is 1.44 bits per heavy atom. The molecule has 0 aliphatic rings. The Hall–Kier alpha value is -0.0800. The van der Waals surface area contributed by atoms with Gasteiger partial charge in [-0.25, -0.2) is 0 Å². The molecule has 0 rings (SSSR count). The van der Waals surface area contributed by atoms with Crippen LogP contribution >= 0.6 is 0 Å². The normalized spacial score (nSPS) is 10.0. The van der Waals surface area contributed by atoms with Crippen molar-refractivity contribution in [3.05, 3.63) is 0 Å². The smallest absolute Gasteiger partial charge is 0.0589 e. The van der Waals surface area contributed by atoms with E-state index in [-0.39, 0.29) is 0 Å². The molecule has 0 fully saturated rings. The molecule has 0 spiro atoms. The van der Waals surface area contributed by atoms with Crippen LogP contribution in [0.1, 0.15) is 27.2 Å². The van der Waals surface area contributed by atoms with E-state index in [0.717, 1.165) is 6.42 Å². The summed E-state index contributed by atoms with van der Waals surface area (Å²) in [5.41, 5.74) is -0.458. The molecule has 0 aromatic rings. The second-order valence-corrected chi connectivity index (χ2v) is 2.67. The maximum Gasteiger partial charge on any atom is 0.0589 e. The highest BCUT2D eigenvalue weighted by Crippen LogP contribution is 2.03. The lowest BCUT2D eigenvalue weighted by Crippen LogP contribution is -2.15. The molecule has 0 saturated carbocycles. The Balaban J connectivity index is 0. The first-order valence-electron chi connectivity index (χ1n) is 3.28. The average molecular weight is 133 g/mol. The van der Waals surface area contributed by atoms with Crippen molar-refractivity contribution in [2.45, 2.75) is 32.8 Å². The summed E-state index contributed by atoms with van der Waals surface area (Å²) >= 11 is 0. The maximum atomic E-state index is 8.83. The van der Waals surface area contributed by atoms with Crippen LogP contribution in [0.15, 0.2) is 0 Å². The van der Waals surface area contributed by atoms with Crippen LogP contribution in [-0.2, 0) is 0 Å². The summed E-state index contributed by atoms with van der Waals surface area (Å²) in [7, 11) is 3.75. The van der Waals surface area contributed by atoms with Gasteiger partial charge in [0.05, 0.1) is 5.60 Å². The quantitative estimate of drug-likeness (QED) is 0.559. The zero-order chi connectivity index (χ0) is 7.91. The van der Waals surface area contributed by atoms with E-state index in [1.165, 1.54) is 0 Å². The third kappa shape index (κ3) is 32.6. The molecule has 0 aliphatic heterocycles. The molecule has 0 amide bonds. The van der Waals surface area contributed by atoms with Crippen molar-refractivity contribution in [2.75, 3.05) is 14.1 Å². The lowest BCUT2D eigenvalue weighted by atomic mass is 10.1. The molecule has 2 N–H and O–H groups in total. The van der Waals surface area contributed by atoms with E-state index in [9.17, 15) is 0 Å². The lowest BCUT2D eigenvalue weighted by molar-refractivity contribution is 0.0765. The van der Waals surface area contributed by atoms with Gasteiger partial charge >= 0.3 is 0 Å². The Kier molecular flexibility index (Phi) is 7.85. The fraction of sp³-hybridized carbons (Fsp3) is 1.00. The van der Waals surface area contributed by atoms with Gasteiger partial charge in [0.1, 0.15) is 0 Å². The summed E-state index contributed by atoms with van der Waals surface area (Å²) < 4.78 is 0. The van der Waals surface area contributed by atoms with E-state index in [1.54, 1.807) is 13.8 Å². The maximum absolute atomic E-state index is 8.83. The number of rotatable bonds is 1. The molecule has 0 heterocycles. The van der Waals surface area contributed by atoms with Crippen LogP contribution in [0.2, 0.25) is 0 Å². The number of aliphatic hydroxyl groups is 1. The summed E-state index contributed by atoms with van der Waals surface area (Å²) in [6.07, 6.45) is 0.826. The van der Waals surface area contributed by atoms with Crippen molar-refractivity contribution in [1.29, 1.82) is 0 Å². The zero-order valence-corrected chi connectivity index (χ0v) is 7.15. The molecule has 2 nitrogen and oxygen atoms in total. The molecule has 0 radical (unpaired) electrons. The zero-order valence-electron chi connectivity index (χ0n) is 7.15. The van der Waals surface area contributed by atoms with Crippen molar-refractivity contribution in [3.63, 3.8) is 0 Å². The van der Waals surface area contributed by atoms with Crippen LogP contribution in [0.3, 0.4) is 0 Å². The Labute approximate surface area is 58.3 Å². The molecule has 0 saturated heterocycles. The molecule has 0 atom stereocenters. The second kappa shape index (κ2) is 6.05. The third-order valence-corrected chi connectivity index (χ3v) is 0.865. The van der Waals surface area contributed by atoms with E-state index >= 15 is 0 Å². The highest BCUT2D eigenvalue weighted by Gasteiger charge is 2.05. The minimum atomic E-state index is -0.458. The van der Waals surface area contributed by atoms with Crippen LogP contribution in [0.25, 0.3) is 0 Å². The Morgan fingerprint density at radius 3 is 1.44 bits per heavy atom. The topological polar surface area (TPSA) is 32.3 Å². The number of nitrogens with one attached hydrogen (secondary N) is 1. The van der Waals surface area contributed by atoms with Gasteiger partial charge in [0.25, 0.3) is 0 Å². The van der Waals surface area contributed by atoms with Gasteiger partial charge in [0.15, 0.2) is 0 Å². The van der Waals surface area contributed by atoms with Crippen molar-refractivity contribution < 1.29 is 5.11 Å². The van der Waals surface area contributed by atoms with E-state index in [1.807, 2.05) is 21.0 Å². The molecule has 0 aromatic carbocycles. The van der Waals surface area contributed by atoms with Crippen LogP contribution < -0.4 is 5.32 Å². The predicted molar refractivity (Wildman–Crippen MR) is 41.6 cm³/mol. The third-order valence-electron chi connectivity index (χ3n) is 0.865. The first-order valence-corrected chi connectivity index (χ1v) is 3.28. The molecule has 0 bridgehead atoms. The predicted octanol–water partition coefficient (Wildman–Crippen LogP) is 1.00. The number of hydrogen-bond donors (Lipinski definition) is 2. The SMILES string of the molecule is CCC(C)(C)O.CNC. The van der Waals surface area contributed by atoms with Gasteiger partial charge in [-0.3, -0.25) is 0 Å². The standard InChI is InChI=1S/C5H12O.C2H7N/c1-4-5(2,3)6;1-3-2/h6H,4H2,1-3H3;3H,1-2H3. The molecule has 0 aromatic heterocycles. The van der Waals surface area contributed by atoms with E-state index in [0.29, 0.717) is 0 Å². The fourth-order valence-corrected chi connectivity index (χ4v) is 0. The van der Waals surface area contributed by atoms with Crippen LogP contribution in [0.5, 0.6) is 0 Å². The summed E-state index contributed by atoms with van der Waals surface area (Å²) in [4.78, 5) is 0. The van der Waals surface area contributed by atoms with E-state index in [4.69, 9.17) is 5.11 Å². The van der Waals surface area contributed by atoms with Gasteiger partial charge in [-0.2, -0.15) is 0 Å². The van der Waals surface area contributed by atoms with Gasteiger partial charge in [-0.1, -0.05) is 6.92 Å². The average Bonchev–Trinajstić information content (AvgIpc) is 1.67. The van der Waals surface area contributed by atoms with Crippen molar-refractivity contribution >= 4 is 0 Å². The lowest BCUT2D eigenvalue weighted by Gasteiger charge is -2.11. The molecule has 9 heavy (non-hydrogen) atoms. The minimum Gasteiger partial charge on any atom is -0.390 e. The van der Waals surface area contributed by atoms with Crippen LogP contribution in [-0.4, -0.2) is 24.8 Å². The van der Waals surface area contributed by atoms with Gasteiger partial charge < -0.3 is 10.4 Å². The first-order chi connectivity index (χ1) is 3.97. The molecule has 2 heteroatoms. The molecular formula is C7H19NO. The molecular weight excluding hydrogens is 114 g/mol. The highest BCUT2D eigenvalue weighted by atomic mass is 16.3. The van der Waals surface area contributed by atoms with Crippen LogP contribution in [0.4, 0.5) is 0 Å². The Bertz CT molecular complexity index is 47.4. The number of hydrogen-bond acceptors (Lipinski definition) is 2. The minimum absolute atomic E-state index is 0.458. The molecule has 0 unspecified atom stereocenters. The van der Waals surface area contributed by atoms with Crippen molar-refractivity contribution in [2.24, 2.45) is 0 Å². The summed E-state index contributed by atoms with van der Waals surface area (Å²) in [6.45, 7) is 5.56. The van der Waals surface area contributed by atoms with Gasteiger partial charge in [-0.15, -0.1) is 0 Å². The molecule has 0 aliphatic carbocycles. The van der Waals surface area contributed by atoms with Gasteiger partial charge in [0, 0.05) is 0 Å². The monoisotopic (exact) mass is 133 g/mol. The van der Waals surface area contributed by atoms with Gasteiger partial charge in [0.2, 0.25) is 0 Å². The fourth-order valence-electron chi connectivity index (χ4n) is 0. The van der Waals surface area contributed by atoms with Crippen LogP contribution in [0, 0.1) is 0 Å².